The lowest BCUT2D eigenvalue weighted by Gasteiger charge is -2.13. The molecule has 0 saturated heterocycles. The number of hydrogen-bond donors (Lipinski definition) is 2. The van der Waals surface area contributed by atoms with Crippen LogP contribution in [0.25, 0.3) is 0 Å². The molecule has 1 aliphatic rings. The maximum absolute atomic E-state index is 12.4. The minimum absolute atomic E-state index is 0.113. The van der Waals surface area contributed by atoms with Crippen LogP contribution in [0, 0.1) is 6.92 Å². The fourth-order valence-electron chi connectivity index (χ4n) is 3.24. The Labute approximate surface area is 154 Å². The van der Waals surface area contributed by atoms with Gasteiger partial charge in [-0.2, -0.15) is 0 Å². The van der Waals surface area contributed by atoms with Crippen molar-refractivity contribution in [1.29, 1.82) is 0 Å². The number of amides is 1. The van der Waals surface area contributed by atoms with Crippen LogP contribution in [0.1, 0.15) is 47.4 Å². The van der Waals surface area contributed by atoms with Crippen LogP contribution >= 0.6 is 0 Å². The third kappa shape index (κ3) is 4.94. The molecule has 1 saturated carbocycles. The van der Waals surface area contributed by atoms with Crippen molar-refractivity contribution < 1.29 is 9.53 Å². The van der Waals surface area contributed by atoms with Gasteiger partial charge in [0.2, 0.25) is 5.95 Å². The van der Waals surface area contributed by atoms with E-state index in [0.717, 1.165) is 30.7 Å². The van der Waals surface area contributed by atoms with Gasteiger partial charge in [0.15, 0.2) is 0 Å². The van der Waals surface area contributed by atoms with Crippen LogP contribution in [0.15, 0.2) is 30.3 Å². The quantitative estimate of drug-likeness (QED) is 0.799. The number of aryl methyl sites for hydroxylation is 1. The summed E-state index contributed by atoms with van der Waals surface area (Å²) in [6.07, 6.45) is 5.30. The van der Waals surface area contributed by atoms with Crippen LogP contribution in [-0.4, -0.2) is 35.6 Å². The normalized spacial score (nSPS) is 14.2. The first kappa shape index (κ1) is 18.2. The van der Waals surface area contributed by atoms with Crippen LogP contribution in [0.2, 0.25) is 0 Å². The average molecular weight is 354 g/mol. The molecule has 2 N–H and O–H groups in total. The van der Waals surface area contributed by atoms with Gasteiger partial charge in [-0.15, -0.1) is 0 Å². The molecule has 1 heterocycles. The smallest absolute Gasteiger partial charge is 0.270 e. The zero-order valence-electron chi connectivity index (χ0n) is 15.4. The van der Waals surface area contributed by atoms with Crippen molar-refractivity contribution in [2.24, 2.45) is 0 Å². The predicted octanol–water partition coefficient (Wildman–Crippen LogP) is 3.12. The molecule has 6 nitrogen and oxygen atoms in total. The van der Waals surface area contributed by atoms with Crippen LogP contribution in [0.4, 0.5) is 5.95 Å². The van der Waals surface area contributed by atoms with Crippen LogP contribution in [0.5, 0.6) is 5.75 Å². The molecule has 0 aliphatic heterocycles. The highest BCUT2D eigenvalue weighted by Crippen LogP contribution is 2.18. The number of methoxy groups -OCH3 is 1. The van der Waals surface area contributed by atoms with Crippen molar-refractivity contribution in [3.8, 4) is 5.75 Å². The molecule has 0 bridgehead atoms. The highest BCUT2D eigenvalue weighted by Gasteiger charge is 2.19. The number of carbonyl (C=O) groups is 1. The SMILES string of the molecule is COc1cccc(CCNc2nc(C)cc(C(=O)NC3CCCC3)n2)c1. The lowest BCUT2D eigenvalue weighted by molar-refractivity contribution is 0.0932. The molecule has 1 fully saturated rings. The lowest BCUT2D eigenvalue weighted by Crippen LogP contribution is -2.33. The van der Waals surface area contributed by atoms with E-state index in [1.165, 1.54) is 18.4 Å². The van der Waals surface area contributed by atoms with Gasteiger partial charge < -0.3 is 15.4 Å². The van der Waals surface area contributed by atoms with Gasteiger partial charge in [-0.25, -0.2) is 9.97 Å². The predicted molar refractivity (Wildman–Crippen MR) is 102 cm³/mol. The molecule has 0 spiro atoms. The van der Waals surface area contributed by atoms with E-state index in [4.69, 9.17) is 4.74 Å². The zero-order chi connectivity index (χ0) is 18.4. The molecule has 6 heteroatoms. The maximum atomic E-state index is 12.4. The summed E-state index contributed by atoms with van der Waals surface area (Å²) in [5.74, 6) is 1.22. The van der Waals surface area contributed by atoms with E-state index < -0.39 is 0 Å². The van der Waals surface area contributed by atoms with Crippen molar-refractivity contribution in [2.75, 3.05) is 19.0 Å². The second-order valence-electron chi connectivity index (χ2n) is 6.70. The van der Waals surface area contributed by atoms with E-state index in [1.807, 2.05) is 25.1 Å². The molecule has 26 heavy (non-hydrogen) atoms. The largest absolute Gasteiger partial charge is 0.497 e. The number of carbonyl (C=O) groups excluding carboxylic acids is 1. The summed E-state index contributed by atoms with van der Waals surface area (Å²) in [5.41, 5.74) is 2.37. The van der Waals surface area contributed by atoms with E-state index >= 15 is 0 Å². The van der Waals surface area contributed by atoms with Crippen molar-refractivity contribution in [3.63, 3.8) is 0 Å². The Bertz CT molecular complexity index is 757. The van der Waals surface area contributed by atoms with Gasteiger partial charge in [-0.1, -0.05) is 25.0 Å². The first-order chi connectivity index (χ1) is 12.6. The second-order valence-corrected chi connectivity index (χ2v) is 6.70. The summed E-state index contributed by atoms with van der Waals surface area (Å²) in [7, 11) is 1.66. The van der Waals surface area contributed by atoms with Crippen molar-refractivity contribution in [1.82, 2.24) is 15.3 Å². The number of aromatic nitrogens is 2. The Morgan fingerprint density at radius 1 is 1.23 bits per heavy atom. The third-order valence-corrected chi connectivity index (χ3v) is 4.61. The molecule has 1 aliphatic carbocycles. The maximum Gasteiger partial charge on any atom is 0.270 e. The minimum atomic E-state index is -0.113. The summed E-state index contributed by atoms with van der Waals surface area (Å²) in [5, 5.41) is 6.29. The monoisotopic (exact) mass is 354 g/mol. The van der Waals surface area contributed by atoms with E-state index in [2.05, 4.69) is 26.7 Å². The van der Waals surface area contributed by atoms with E-state index in [9.17, 15) is 4.79 Å². The zero-order valence-corrected chi connectivity index (χ0v) is 15.4. The van der Waals surface area contributed by atoms with Gasteiger partial charge in [0.25, 0.3) is 5.91 Å². The minimum Gasteiger partial charge on any atom is -0.497 e. The molecule has 0 atom stereocenters. The number of benzene rings is 1. The molecule has 1 aromatic carbocycles. The van der Waals surface area contributed by atoms with Gasteiger partial charge in [0.1, 0.15) is 11.4 Å². The number of anilines is 1. The summed E-state index contributed by atoms with van der Waals surface area (Å²) in [4.78, 5) is 21.2. The first-order valence-electron chi connectivity index (χ1n) is 9.17. The van der Waals surface area contributed by atoms with Crippen LogP contribution in [-0.2, 0) is 6.42 Å². The van der Waals surface area contributed by atoms with Crippen LogP contribution in [0.3, 0.4) is 0 Å². The van der Waals surface area contributed by atoms with Crippen molar-refractivity contribution in [3.05, 3.63) is 47.3 Å². The summed E-state index contributed by atoms with van der Waals surface area (Å²) < 4.78 is 5.24. The molecule has 1 aromatic heterocycles. The van der Waals surface area contributed by atoms with Gasteiger partial charge in [-0.05, 0) is 49.9 Å². The highest BCUT2D eigenvalue weighted by molar-refractivity contribution is 5.92. The number of ether oxygens (including phenoxy) is 1. The molecule has 3 rings (SSSR count). The topological polar surface area (TPSA) is 76.1 Å². The molecule has 2 aromatic rings. The van der Waals surface area contributed by atoms with E-state index in [1.54, 1.807) is 13.2 Å². The van der Waals surface area contributed by atoms with Gasteiger partial charge in [0, 0.05) is 18.3 Å². The summed E-state index contributed by atoms with van der Waals surface area (Å²) >= 11 is 0. The Morgan fingerprint density at radius 2 is 2.04 bits per heavy atom. The average Bonchev–Trinajstić information content (AvgIpc) is 3.14. The molecular formula is C20H26N4O2. The van der Waals surface area contributed by atoms with Gasteiger partial charge in [0.05, 0.1) is 7.11 Å². The molecule has 0 radical (unpaired) electrons. The Morgan fingerprint density at radius 3 is 2.81 bits per heavy atom. The molecule has 0 unspecified atom stereocenters. The van der Waals surface area contributed by atoms with Crippen molar-refractivity contribution in [2.45, 2.75) is 45.1 Å². The van der Waals surface area contributed by atoms with Crippen LogP contribution < -0.4 is 15.4 Å². The fraction of sp³-hybridized carbons (Fsp3) is 0.450. The summed E-state index contributed by atoms with van der Waals surface area (Å²) in [6.45, 7) is 2.56. The highest BCUT2D eigenvalue weighted by atomic mass is 16.5. The standard InChI is InChI=1S/C20H26N4O2/c1-14-12-18(19(25)23-16-7-3-4-8-16)24-20(22-14)21-11-10-15-6-5-9-17(13-15)26-2/h5-6,9,12-13,16H,3-4,7-8,10-11H2,1-2H3,(H,23,25)(H,21,22,24). The Hall–Kier alpha value is -2.63. The first-order valence-corrected chi connectivity index (χ1v) is 9.17. The fourth-order valence-corrected chi connectivity index (χ4v) is 3.24. The third-order valence-electron chi connectivity index (χ3n) is 4.61. The molecular weight excluding hydrogens is 328 g/mol. The number of hydrogen-bond acceptors (Lipinski definition) is 5. The van der Waals surface area contributed by atoms with Gasteiger partial charge >= 0.3 is 0 Å². The summed E-state index contributed by atoms with van der Waals surface area (Å²) in [6, 6.07) is 9.99. The van der Waals surface area contributed by atoms with E-state index in [-0.39, 0.29) is 11.9 Å². The second kappa shape index (κ2) is 8.65. The number of nitrogens with zero attached hydrogens (tertiary/aromatic N) is 2. The molecule has 1 amide bonds. The molecule has 138 valence electrons. The number of rotatable bonds is 7. The van der Waals surface area contributed by atoms with E-state index in [0.29, 0.717) is 18.2 Å². The van der Waals surface area contributed by atoms with Crippen molar-refractivity contribution >= 4 is 11.9 Å². The van der Waals surface area contributed by atoms with Gasteiger partial charge in [-0.3, -0.25) is 4.79 Å². The lowest BCUT2D eigenvalue weighted by atomic mass is 10.1. The Balaban J connectivity index is 1.59. The number of nitrogens with one attached hydrogen (secondary N) is 2. The Kier molecular flexibility index (Phi) is 6.04.